The first-order valence-corrected chi connectivity index (χ1v) is 10.3. The van der Waals surface area contributed by atoms with E-state index in [1.165, 1.54) is 19.2 Å². The van der Waals surface area contributed by atoms with Gasteiger partial charge in [0, 0.05) is 37.6 Å². The molecule has 144 valence electrons. The number of benzene rings is 2. The zero-order chi connectivity index (χ0) is 19.4. The van der Waals surface area contributed by atoms with Gasteiger partial charge < -0.3 is 15.1 Å². The molecule has 0 atom stereocenters. The average molecular weight is 388 g/mol. The molecule has 1 aliphatic rings. The van der Waals surface area contributed by atoms with Crippen LogP contribution in [0.15, 0.2) is 53.4 Å². The summed E-state index contributed by atoms with van der Waals surface area (Å²) in [6, 6.07) is 14.6. The number of piperazine rings is 1. The third-order valence-corrected chi connectivity index (χ3v) is 6.13. The highest BCUT2D eigenvalue weighted by Crippen LogP contribution is 2.21. The number of carbonyl (C=O) groups excluding carboxylic acids is 1. The molecule has 1 fully saturated rings. The number of aryl methyl sites for hydroxylation is 1. The second kappa shape index (κ2) is 7.98. The number of hydrogen-bond acceptors (Lipinski definition) is 4. The molecular formula is C19H24N4O3S. The Labute approximate surface area is 160 Å². The molecule has 2 N–H and O–H groups in total. The number of nitrogens with one attached hydrogen (secondary N) is 2. The predicted molar refractivity (Wildman–Crippen MR) is 107 cm³/mol. The highest BCUT2D eigenvalue weighted by molar-refractivity contribution is 7.89. The van der Waals surface area contributed by atoms with Crippen LogP contribution in [-0.2, 0) is 10.0 Å². The van der Waals surface area contributed by atoms with Crippen molar-refractivity contribution in [2.45, 2.75) is 11.8 Å². The first kappa shape index (κ1) is 19.2. The lowest BCUT2D eigenvalue weighted by Crippen LogP contribution is -2.50. The molecule has 0 radical (unpaired) electrons. The number of urea groups is 1. The van der Waals surface area contributed by atoms with Crippen LogP contribution < -0.4 is 14.9 Å². The van der Waals surface area contributed by atoms with E-state index in [1.807, 2.05) is 25.1 Å². The van der Waals surface area contributed by atoms with Crippen LogP contribution in [0.25, 0.3) is 0 Å². The molecule has 2 aromatic rings. The summed E-state index contributed by atoms with van der Waals surface area (Å²) in [5.41, 5.74) is 2.46. The minimum atomic E-state index is -3.56. The van der Waals surface area contributed by atoms with Gasteiger partial charge in [0.25, 0.3) is 0 Å². The Balaban J connectivity index is 1.66. The van der Waals surface area contributed by atoms with Gasteiger partial charge in [0.1, 0.15) is 0 Å². The number of nitrogens with zero attached hydrogens (tertiary/aromatic N) is 2. The van der Waals surface area contributed by atoms with Crippen LogP contribution in [-0.4, -0.2) is 52.6 Å². The van der Waals surface area contributed by atoms with Gasteiger partial charge in [0.15, 0.2) is 0 Å². The van der Waals surface area contributed by atoms with E-state index in [4.69, 9.17) is 0 Å². The second-order valence-electron chi connectivity index (χ2n) is 6.42. The predicted octanol–water partition coefficient (Wildman–Crippen LogP) is 2.26. The maximum atomic E-state index is 12.6. The van der Waals surface area contributed by atoms with Gasteiger partial charge >= 0.3 is 6.03 Å². The van der Waals surface area contributed by atoms with Crippen molar-refractivity contribution in [3.63, 3.8) is 0 Å². The fraction of sp³-hybridized carbons (Fsp3) is 0.316. The lowest BCUT2D eigenvalue weighted by atomic mass is 10.2. The van der Waals surface area contributed by atoms with Crippen molar-refractivity contribution in [2.75, 3.05) is 43.4 Å². The molecule has 0 aromatic heterocycles. The first-order valence-electron chi connectivity index (χ1n) is 8.81. The van der Waals surface area contributed by atoms with Crippen LogP contribution in [0.1, 0.15) is 5.56 Å². The van der Waals surface area contributed by atoms with Crippen LogP contribution in [0, 0.1) is 6.92 Å². The number of rotatable bonds is 4. The van der Waals surface area contributed by atoms with Crippen LogP contribution in [0.4, 0.5) is 16.2 Å². The third-order valence-electron chi connectivity index (χ3n) is 4.72. The summed E-state index contributed by atoms with van der Waals surface area (Å²) in [6.07, 6.45) is 0. The molecule has 0 unspecified atom stereocenters. The zero-order valence-electron chi connectivity index (χ0n) is 15.5. The maximum Gasteiger partial charge on any atom is 0.321 e. The molecule has 8 heteroatoms. The van der Waals surface area contributed by atoms with Gasteiger partial charge in [-0.3, -0.25) is 0 Å². The molecule has 2 aromatic carbocycles. The summed E-state index contributed by atoms with van der Waals surface area (Å²) in [5, 5.41) is 2.85. The van der Waals surface area contributed by atoms with Gasteiger partial charge in [-0.2, -0.15) is 0 Å². The van der Waals surface area contributed by atoms with E-state index < -0.39 is 10.0 Å². The molecule has 1 heterocycles. The van der Waals surface area contributed by atoms with Crippen molar-refractivity contribution in [1.82, 2.24) is 9.62 Å². The number of anilines is 2. The Hall–Kier alpha value is -2.58. The molecule has 27 heavy (non-hydrogen) atoms. The molecule has 0 saturated carbocycles. The molecule has 7 nitrogen and oxygen atoms in total. The Morgan fingerprint density at radius 2 is 1.67 bits per heavy atom. The fourth-order valence-corrected chi connectivity index (χ4v) is 3.78. The first-order chi connectivity index (χ1) is 12.9. The summed E-state index contributed by atoms with van der Waals surface area (Å²) < 4.78 is 26.3. The summed E-state index contributed by atoms with van der Waals surface area (Å²) >= 11 is 0. The summed E-state index contributed by atoms with van der Waals surface area (Å²) in [5.74, 6) is 0. The quantitative estimate of drug-likeness (QED) is 0.842. The fourth-order valence-electron chi connectivity index (χ4n) is 3.02. The third kappa shape index (κ3) is 4.40. The molecule has 2 amide bonds. The largest absolute Gasteiger partial charge is 0.368 e. The lowest BCUT2D eigenvalue weighted by molar-refractivity contribution is 0.208. The van der Waals surface area contributed by atoms with Gasteiger partial charge in [-0.1, -0.05) is 24.3 Å². The number of carbonyl (C=O) groups is 1. The van der Waals surface area contributed by atoms with Crippen molar-refractivity contribution in [2.24, 2.45) is 0 Å². The van der Waals surface area contributed by atoms with Crippen molar-refractivity contribution in [1.29, 1.82) is 0 Å². The zero-order valence-corrected chi connectivity index (χ0v) is 16.3. The Bertz CT molecular complexity index is 908. The summed E-state index contributed by atoms with van der Waals surface area (Å²) in [7, 11) is -2.20. The van der Waals surface area contributed by atoms with E-state index in [0.29, 0.717) is 18.8 Å². The number of hydrogen-bond donors (Lipinski definition) is 2. The highest BCUT2D eigenvalue weighted by atomic mass is 32.2. The molecule has 0 spiro atoms. The van der Waals surface area contributed by atoms with Crippen LogP contribution in [0.3, 0.4) is 0 Å². The molecule has 3 rings (SSSR count). The lowest BCUT2D eigenvalue weighted by Gasteiger charge is -2.36. The van der Waals surface area contributed by atoms with E-state index >= 15 is 0 Å². The van der Waals surface area contributed by atoms with Gasteiger partial charge in [-0.15, -0.1) is 0 Å². The average Bonchev–Trinajstić information content (AvgIpc) is 2.70. The van der Waals surface area contributed by atoms with Crippen LogP contribution in [0.2, 0.25) is 0 Å². The molecule has 0 aliphatic carbocycles. The van der Waals surface area contributed by atoms with E-state index in [1.54, 1.807) is 11.0 Å². The topological polar surface area (TPSA) is 81.8 Å². The standard InChI is InChI=1S/C19H24N4O3S/c1-15-8-9-17(27(25,26)20-2)14-18(15)21-19(24)23-12-10-22(11-13-23)16-6-4-3-5-7-16/h3-9,14,20H,10-13H2,1-2H3,(H,21,24). The number of amides is 2. The minimum absolute atomic E-state index is 0.125. The van der Waals surface area contributed by atoms with Crippen molar-refractivity contribution >= 4 is 27.4 Å². The second-order valence-corrected chi connectivity index (χ2v) is 8.31. The highest BCUT2D eigenvalue weighted by Gasteiger charge is 2.22. The van der Waals surface area contributed by atoms with E-state index in [2.05, 4.69) is 27.1 Å². The minimum Gasteiger partial charge on any atom is -0.368 e. The maximum absolute atomic E-state index is 12.6. The van der Waals surface area contributed by atoms with Gasteiger partial charge in [-0.05, 0) is 43.8 Å². The Morgan fingerprint density at radius 3 is 2.30 bits per heavy atom. The Kier molecular flexibility index (Phi) is 5.67. The number of sulfonamides is 1. The van der Waals surface area contributed by atoms with Crippen LogP contribution in [0.5, 0.6) is 0 Å². The Morgan fingerprint density at radius 1 is 1.00 bits per heavy atom. The van der Waals surface area contributed by atoms with E-state index in [9.17, 15) is 13.2 Å². The van der Waals surface area contributed by atoms with E-state index in [-0.39, 0.29) is 10.9 Å². The summed E-state index contributed by atoms with van der Waals surface area (Å²) in [6.45, 7) is 4.55. The van der Waals surface area contributed by atoms with Crippen molar-refractivity contribution < 1.29 is 13.2 Å². The molecule has 0 bridgehead atoms. The summed E-state index contributed by atoms with van der Waals surface area (Å²) in [4.78, 5) is 16.7. The normalized spacial score (nSPS) is 14.9. The van der Waals surface area contributed by atoms with Crippen molar-refractivity contribution in [3.05, 3.63) is 54.1 Å². The monoisotopic (exact) mass is 388 g/mol. The molecule has 1 aliphatic heterocycles. The smallest absolute Gasteiger partial charge is 0.321 e. The van der Waals surface area contributed by atoms with Crippen LogP contribution >= 0.6 is 0 Å². The van der Waals surface area contributed by atoms with Gasteiger partial charge in [-0.25, -0.2) is 17.9 Å². The van der Waals surface area contributed by atoms with Gasteiger partial charge in [0.2, 0.25) is 10.0 Å². The van der Waals surface area contributed by atoms with Crippen molar-refractivity contribution in [3.8, 4) is 0 Å². The number of para-hydroxylation sites is 1. The SMILES string of the molecule is CNS(=O)(=O)c1ccc(C)c(NC(=O)N2CCN(c3ccccc3)CC2)c1. The molecule has 1 saturated heterocycles. The molecular weight excluding hydrogens is 364 g/mol. The van der Waals surface area contributed by atoms with Gasteiger partial charge in [0.05, 0.1) is 4.90 Å². The van der Waals surface area contributed by atoms with E-state index in [0.717, 1.165) is 24.3 Å².